The number of fused-ring (bicyclic) bond motifs is 1. The predicted octanol–water partition coefficient (Wildman–Crippen LogP) is 4.59. The molecule has 3 rings (SSSR count). The zero-order chi connectivity index (χ0) is 18.4. The second kappa shape index (κ2) is 8.84. The summed E-state index contributed by atoms with van der Waals surface area (Å²) in [6, 6.07) is 21.0. The molecule has 3 aromatic carbocycles. The molecule has 1 atom stereocenters. The Labute approximate surface area is 155 Å². The summed E-state index contributed by atoms with van der Waals surface area (Å²) in [7, 11) is 0. The molecule has 0 saturated carbocycles. The maximum atomic E-state index is 9.47. The van der Waals surface area contributed by atoms with E-state index in [0.717, 1.165) is 17.7 Å². The van der Waals surface area contributed by atoms with Crippen molar-refractivity contribution in [2.75, 3.05) is 6.61 Å². The second-order valence-corrected chi connectivity index (χ2v) is 6.71. The molecule has 0 radical (unpaired) electrons. The monoisotopic (exact) mass is 349 g/mol. The van der Waals surface area contributed by atoms with Gasteiger partial charge in [0.2, 0.25) is 0 Å². The molecule has 0 heterocycles. The van der Waals surface area contributed by atoms with Gasteiger partial charge in [0.05, 0.1) is 6.61 Å². The zero-order valence-corrected chi connectivity index (χ0v) is 15.5. The van der Waals surface area contributed by atoms with Crippen LogP contribution in [0.2, 0.25) is 0 Å². The number of aliphatic hydroxyl groups is 1. The summed E-state index contributed by atoms with van der Waals surface area (Å²) in [5, 5.41) is 15.3. The van der Waals surface area contributed by atoms with Gasteiger partial charge < -0.3 is 15.2 Å². The minimum atomic E-state index is 0.0959. The van der Waals surface area contributed by atoms with Crippen LogP contribution in [-0.4, -0.2) is 17.8 Å². The van der Waals surface area contributed by atoms with Gasteiger partial charge >= 0.3 is 0 Å². The van der Waals surface area contributed by atoms with Gasteiger partial charge in [-0.3, -0.25) is 0 Å². The van der Waals surface area contributed by atoms with Gasteiger partial charge in [-0.05, 0) is 35.7 Å². The molecule has 0 aromatic heterocycles. The third-order valence-electron chi connectivity index (χ3n) is 4.76. The maximum Gasteiger partial charge on any atom is 0.124 e. The number of hydrogen-bond donors (Lipinski definition) is 2. The van der Waals surface area contributed by atoms with Gasteiger partial charge in [0.1, 0.15) is 12.4 Å². The molecule has 0 saturated heterocycles. The Morgan fingerprint density at radius 1 is 1.04 bits per heavy atom. The molecule has 2 N–H and O–H groups in total. The van der Waals surface area contributed by atoms with Crippen molar-refractivity contribution in [2.45, 2.75) is 39.5 Å². The van der Waals surface area contributed by atoms with Crippen molar-refractivity contribution in [3.8, 4) is 5.75 Å². The van der Waals surface area contributed by atoms with E-state index in [1.165, 1.54) is 21.9 Å². The molecule has 136 valence electrons. The Morgan fingerprint density at radius 2 is 1.88 bits per heavy atom. The molecule has 0 aliphatic carbocycles. The first-order valence-electron chi connectivity index (χ1n) is 9.24. The molecule has 3 nitrogen and oxygen atoms in total. The molecule has 3 heteroatoms. The average Bonchev–Trinajstić information content (AvgIpc) is 2.67. The summed E-state index contributed by atoms with van der Waals surface area (Å²) in [5.41, 5.74) is 3.54. The summed E-state index contributed by atoms with van der Waals surface area (Å²) in [5.74, 6) is 0.894. The molecule has 0 aliphatic heterocycles. The lowest BCUT2D eigenvalue weighted by molar-refractivity contribution is 0.237. The predicted molar refractivity (Wildman–Crippen MR) is 107 cm³/mol. The van der Waals surface area contributed by atoms with E-state index in [1.807, 2.05) is 0 Å². The van der Waals surface area contributed by atoms with E-state index < -0.39 is 0 Å². The second-order valence-electron chi connectivity index (χ2n) is 6.71. The standard InChI is InChI=1S/C23H27NO2/c1-3-20(15-25)24-14-22-21-10-5-4-9-19(21)11-12-23(22)26-16-18-8-6-7-17(2)13-18/h4-13,20,24-25H,3,14-16H2,1-2H3/t20-/m1/s1. The van der Waals surface area contributed by atoms with Crippen molar-refractivity contribution in [2.24, 2.45) is 0 Å². The fourth-order valence-electron chi connectivity index (χ4n) is 3.18. The van der Waals surface area contributed by atoms with Crippen LogP contribution >= 0.6 is 0 Å². The van der Waals surface area contributed by atoms with Crippen molar-refractivity contribution in [3.05, 3.63) is 77.4 Å². The number of ether oxygens (including phenoxy) is 1. The molecular formula is C23H27NO2. The van der Waals surface area contributed by atoms with Crippen molar-refractivity contribution in [1.29, 1.82) is 0 Å². The summed E-state index contributed by atoms with van der Waals surface area (Å²) in [4.78, 5) is 0. The number of nitrogens with one attached hydrogen (secondary N) is 1. The Kier molecular flexibility index (Phi) is 6.26. The summed E-state index contributed by atoms with van der Waals surface area (Å²) in [6.45, 7) is 5.52. The lowest BCUT2D eigenvalue weighted by atomic mass is 10.0. The van der Waals surface area contributed by atoms with Gasteiger partial charge in [-0.15, -0.1) is 0 Å². The molecule has 0 aliphatic rings. The van der Waals surface area contributed by atoms with E-state index in [9.17, 15) is 5.11 Å². The highest BCUT2D eigenvalue weighted by Gasteiger charge is 2.11. The molecule has 26 heavy (non-hydrogen) atoms. The van der Waals surface area contributed by atoms with E-state index in [0.29, 0.717) is 13.2 Å². The summed E-state index contributed by atoms with van der Waals surface area (Å²) in [6.07, 6.45) is 0.890. The molecule has 3 aromatic rings. The van der Waals surface area contributed by atoms with Crippen LogP contribution in [0, 0.1) is 6.92 Å². The maximum absolute atomic E-state index is 9.47. The average molecular weight is 349 g/mol. The van der Waals surface area contributed by atoms with E-state index in [-0.39, 0.29) is 12.6 Å². The molecule has 0 amide bonds. The van der Waals surface area contributed by atoms with Crippen molar-refractivity contribution < 1.29 is 9.84 Å². The van der Waals surface area contributed by atoms with Crippen molar-refractivity contribution >= 4 is 10.8 Å². The lowest BCUT2D eigenvalue weighted by Gasteiger charge is -2.18. The number of benzene rings is 3. The fraction of sp³-hybridized carbons (Fsp3) is 0.304. The number of aliphatic hydroxyl groups excluding tert-OH is 1. The Balaban J connectivity index is 1.86. The van der Waals surface area contributed by atoms with Crippen LogP contribution in [0.3, 0.4) is 0 Å². The van der Waals surface area contributed by atoms with Gasteiger partial charge in [-0.25, -0.2) is 0 Å². The highest BCUT2D eigenvalue weighted by atomic mass is 16.5. The third kappa shape index (κ3) is 4.43. The lowest BCUT2D eigenvalue weighted by Crippen LogP contribution is -2.31. The Hall–Kier alpha value is -2.36. The van der Waals surface area contributed by atoms with E-state index in [4.69, 9.17) is 4.74 Å². The molecule has 0 fully saturated rings. The third-order valence-corrected chi connectivity index (χ3v) is 4.76. The van der Waals surface area contributed by atoms with Crippen LogP contribution < -0.4 is 10.1 Å². The smallest absolute Gasteiger partial charge is 0.124 e. The Bertz CT molecular complexity index is 856. The minimum Gasteiger partial charge on any atom is -0.489 e. The first kappa shape index (κ1) is 18.4. The summed E-state index contributed by atoms with van der Waals surface area (Å²) < 4.78 is 6.18. The van der Waals surface area contributed by atoms with Gasteiger partial charge in [0.25, 0.3) is 0 Å². The van der Waals surface area contributed by atoms with Crippen LogP contribution in [-0.2, 0) is 13.2 Å². The molecule has 0 unspecified atom stereocenters. The van der Waals surface area contributed by atoms with Crippen LogP contribution in [0.1, 0.15) is 30.0 Å². The highest BCUT2D eigenvalue weighted by molar-refractivity contribution is 5.87. The highest BCUT2D eigenvalue weighted by Crippen LogP contribution is 2.29. The van der Waals surface area contributed by atoms with Gasteiger partial charge in [0.15, 0.2) is 0 Å². The number of rotatable bonds is 8. The van der Waals surface area contributed by atoms with Crippen molar-refractivity contribution in [3.63, 3.8) is 0 Å². The van der Waals surface area contributed by atoms with Gasteiger partial charge in [-0.2, -0.15) is 0 Å². The van der Waals surface area contributed by atoms with Gasteiger partial charge in [-0.1, -0.05) is 67.1 Å². The quantitative estimate of drug-likeness (QED) is 0.625. The summed E-state index contributed by atoms with van der Waals surface area (Å²) >= 11 is 0. The van der Waals surface area contributed by atoms with Crippen molar-refractivity contribution in [1.82, 2.24) is 5.32 Å². The zero-order valence-electron chi connectivity index (χ0n) is 15.5. The van der Waals surface area contributed by atoms with E-state index in [2.05, 4.69) is 79.8 Å². The molecule has 0 bridgehead atoms. The van der Waals surface area contributed by atoms with Crippen LogP contribution in [0.15, 0.2) is 60.7 Å². The number of hydrogen-bond acceptors (Lipinski definition) is 3. The minimum absolute atomic E-state index is 0.0959. The normalized spacial score (nSPS) is 12.3. The van der Waals surface area contributed by atoms with Crippen LogP contribution in [0.25, 0.3) is 10.8 Å². The largest absolute Gasteiger partial charge is 0.489 e. The van der Waals surface area contributed by atoms with Crippen LogP contribution in [0.4, 0.5) is 0 Å². The first-order chi connectivity index (χ1) is 12.7. The first-order valence-corrected chi connectivity index (χ1v) is 9.24. The van der Waals surface area contributed by atoms with E-state index in [1.54, 1.807) is 0 Å². The topological polar surface area (TPSA) is 41.5 Å². The SMILES string of the molecule is CC[C@H](CO)NCc1c(OCc2cccc(C)c2)ccc2ccccc12. The molecule has 0 spiro atoms. The van der Waals surface area contributed by atoms with E-state index >= 15 is 0 Å². The number of aryl methyl sites for hydroxylation is 1. The fourth-order valence-corrected chi connectivity index (χ4v) is 3.18. The van der Waals surface area contributed by atoms with Crippen LogP contribution in [0.5, 0.6) is 5.75 Å². The molecular weight excluding hydrogens is 322 g/mol. The Morgan fingerprint density at radius 3 is 2.65 bits per heavy atom. The van der Waals surface area contributed by atoms with Gasteiger partial charge in [0, 0.05) is 18.2 Å².